The van der Waals surface area contributed by atoms with Gasteiger partial charge in [0.2, 0.25) is 0 Å². The van der Waals surface area contributed by atoms with E-state index in [1.54, 1.807) is 18.3 Å². The third-order valence-corrected chi connectivity index (χ3v) is 3.36. The highest BCUT2D eigenvalue weighted by atomic mass is 79.9. The van der Waals surface area contributed by atoms with E-state index in [0.29, 0.717) is 15.9 Å². The number of hydrogen-bond acceptors (Lipinski definition) is 3. The number of H-pyrrole nitrogens is 1. The summed E-state index contributed by atoms with van der Waals surface area (Å²) in [7, 11) is 0. The van der Waals surface area contributed by atoms with Gasteiger partial charge in [-0.15, -0.1) is 0 Å². The molecule has 0 bridgehead atoms. The van der Waals surface area contributed by atoms with Crippen LogP contribution in [0.25, 0.3) is 22.6 Å². The first kappa shape index (κ1) is 11.2. The van der Waals surface area contributed by atoms with Crippen LogP contribution in [0.2, 0.25) is 0 Å². The molecule has 0 aliphatic carbocycles. The van der Waals surface area contributed by atoms with E-state index in [2.05, 4.69) is 30.9 Å². The number of phenols is 1. The van der Waals surface area contributed by atoms with Crippen molar-refractivity contribution in [1.82, 2.24) is 15.0 Å². The van der Waals surface area contributed by atoms with Gasteiger partial charge in [0.05, 0.1) is 9.99 Å². The van der Waals surface area contributed by atoms with E-state index in [0.717, 1.165) is 16.6 Å². The first-order valence-corrected chi connectivity index (χ1v) is 6.24. The number of fused-ring (bicyclic) bond motifs is 1. The Balaban J connectivity index is 2.16. The Bertz CT molecular complexity index is 736. The molecule has 1 aromatic carbocycles. The zero-order chi connectivity index (χ0) is 12.7. The summed E-state index contributed by atoms with van der Waals surface area (Å²) in [5.74, 6) is 0.892. The Morgan fingerprint density at radius 3 is 2.89 bits per heavy atom. The summed E-state index contributed by atoms with van der Waals surface area (Å²) in [6.07, 6.45) is 1.78. The molecule has 5 heteroatoms. The van der Waals surface area contributed by atoms with Crippen LogP contribution in [0, 0.1) is 6.92 Å². The van der Waals surface area contributed by atoms with Crippen LogP contribution in [-0.2, 0) is 0 Å². The molecular weight excluding hydrogens is 294 g/mol. The van der Waals surface area contributed by atoms with Gasteiger partial charge in [-0.05, 0) is 52.7 Å². The molecule has 3 rings (SSSR count). The Hall–Kier alpha value is -1.88. The van der Waals surface area contributed by atoms with Gasteiger partial charge in [-0.2, -0.15) is 0 Å². The van der Waals surface area contributed by atoms with Gasteiger partial charge >= 0.3 is 0 Å². The second-order valence-electron chi connectivity index (χ2n) is 4.14. The molecule has 0 unspecified atom stereocenters. The first-order chi connectivity index (χ1) is 8.63. The van der Waals surface area contributed by atoms with Gasteiger partial charge in [-0.3, -0.25) is 0 Å². The topological polar surface area (TPSA) is 61.8 Å². The SMILES string of the molecule is Cc1cnc2nc(-c3ccc(Br)c(O)c3)[nH]c2c1. The third-order valence-electron chi connectivity index (χ3n) is 2.69. The van der Waals surface area contributed by atoms with E-state index in [-0.39, 0.29) is 5.75 Å². The molecule has 0 amide bonds. The monoisotopic (exact) mass is 303 g/mol. The fraction of sp³-hybridized carbons (Fsp3) is 0.0769. The van der Waals surface area contributed by atoms with Crippen molar-refractivity contribution in [3.63, 3.8) is 0 Å². The van der Waals surface area contributed by atoms with Gasteiger partial charge in [0.1, 0.15) is 11.6 Å². The van der Waals surface area contributed by atoms with E-state index < -0.39 is 0 Å². The minimum Gasteiger partial charge on any atom is -0.507 e. The average molecular weight is 304 g/mol. The number of aromatic hydroxyl groups is 1. The highest BCUT2D eigenvalue weighted by Gasteiger charge is 2.08. The van der Waals surface area contributed by atoms with E-state index in [1.807, 2.05) is 19.1 Å². The fourth-order valence-corrected chi connectivity index (χ4v) is 2.05. The number of rotatable bonds is 1. The third kappa shape index (κ3) is 1.86. The lowest BCUT2D eigenvalue weighted by Gasteiger charge is -1.99. The number of imidazole rings is 1. The predicted molar refractivity (Wildman–Crippen MR) is 73.4 cm³/mol. The van der Waals surface area contributed by atoms with Gasteiger partial charge in [0.25, 0.3) is 0 Å². The lowest BCUT2D eigenvalue weighted by atomic mass is 10.2. The number of hydrogen-bond donors (Lipinski definition) is 2. The summed E-state index contributed by atoms with van der Waals surface area (Å²) in [6, 6.07) is 7.33. The minimum atomic E-state index is 0.192. The minimum absolute atomic E-state index is 0.192. The van der Waals surface area contributed by atoms with Crippen LogP contribution in [0.4, 0.5) is 0 Å². The maximum absolute atomic E-state index is 9.68. The summed E-state index contributed by atoms with van der Waals surface area (Å²) >= 11 is 3.25. The normalized spacial score (nSPS) is 11.0. The van der Waals surface area contributed by atoms with Crippen LogP contribution >= 0.6 is 15.9 Å². The summed E-state index contributed by atoms with van der Waals surface area (Å²) in [4.78, 5) is 11.9. The maximum atomic E-state index is 9.68. The van der Waals surface area contributed by atoms with E-state index in [4.69, 9.17) is 0 Å². The number of nitrogens with one attached hydrogen (secondary N) is 1. The molecule has 18 heavy (non-hydrogen) atoms. The number of aromatic amines is 1. The number of nitrogens with zero attached hydrogens (tertiary/aromatic N) is 2. The highest BCUT2D eigenvalue weighted by molar-refractivity contribution is 9.10. The van der Waals surface area contributed by atoms with Crippen LogP contribution in [0.15, 0.2) is 34.9 Å². The molecule has 2 N–H and O–H groups in total. The van der Waals surface area contributed by atoms with E-state index in [1.165, 1.54) is 0 Å². The summed E-state index contributed by atoms with van der Waals surface area (Å²) < 4.78 is 0.663. The first-order valence-electron chi connectivity index (χ1n) is 5.45. The smallest absolute Gasteiger partial charge is 0.178 e. The number of pyridine rings is 1. The molecule has 4 nitrogen and oxygen atoms in total. The Kier molecular flexibility index (Phi) is 2.56. The van der Waals surface area contributed by atoms with Gasteiger partial charge in [0.15, 0.2) is 5.65 Å². The molecule has 2 aromatic heterocycles. The van der Waals surface area contributed by atoms with Crippen LogP contribution in [-0.4, -0.2) is 20.1 Å². The van der Waals surface area contributed by atoms with Crippen LogP contribution in [0.5, 0.6) is 5.75 Å². The standard InChI is InChI=1S/C13H10BrN3O/c1-7-4-10-13(15-6-7)17-12(16-10)8-2-3-9(14)11(18)5-8/h2-6,18H,1H3,(H,15,16,17). The molecule has 0 radical (unpaired) electrons. The zero-order valence-corrected chi connectivity index (χ0v) is 11.2. The summed E-state index contributed by atoms with van der Waals surface area (Å²) in [5.41, 5.74) is 3.48. The van der Waals surface area contributed by atoms with Crippen molar-refractivity contribution < 1.29 is 5.11 Å². The second kappa shape index (κ2) is 4.10. The van der Waals surface area contributed by atoms with Gasteiger partial charge in [-0.25, -0.2) is 9.97 Å². The van der Waals surface area contributed by atoms with Crippen molar-refractivity contribution in [3.8, 4) is 17.1 Å². The van der Waals surface area contributed by atoms with Crippen molar-refractivity contribution in [2.45, 2.75) is 6.92 Å². The van der Waals surface area contributed by atoms with Gasteiger partial charge < -0.3 is 10.1 Å². The number of benzene rings is 1. The molecule has 90 valence electrons. The lowest BCUT2D eigenvalue weighted by Crippen LogP contribution is -1.80. The number of phenolic OH excluding ortho intramolecular Hbond substituents is 1. The average Bonchev–Trinajstić information content (AvgIpc) is 2.75. The Labute approximate surface area is 112 Å². The molecule has 0 atom stereocenters. The van der Waals surface area contributed by atoms with Crippen LogP contribution in [0.1, 0.15) is 5.56 Å². The van der Waals surface area contributed by atoms with Crippen molar-refractivity contribution in [1.29, 1.82) is 0 Å². The molecule has 0 spiro atoms. The quantitative estimate of drug-likeness (QED) is 0.724. The molecule has 2 heterocycles. The summed E-state index contributed by atoms with van der Waals surface area (Å²) in [6.45, 7) is 1.98. The van der Waals surface area contributed by atoms with Crippen molar-refractivity contribution >= 4 is 27.1 Å². The summed E-state index contributed by atoms with van der Waals surface area (Å²) in [5, 5.41) is 9.68. The van der Waals surface area contributed by atoms with Crippen molar-refractivity contribution in [3.05, 3.63) is 40.5 Å². The van der Waals surface area contributed by atoms with E-state index in [9.17, 15) is 5.11 Å². The van der Waals surface area contributed by atoms with Crippen molar-refractivity contribution in [2.75, 3.05) is 0 Å². The highest BCUT2D eigenvalue weighted by Crippen LogP contribution is 2.29. The Morgan fingerprint density at radius 2 is 2.11 bits per heavy atom. The molecule has 0 saturated carbocycles. The molecule has 0 aliphatic heterocycles. The molecular formula is C13H10BrN3O. The fourth-order valence-electron chi connectivity index (χ4n) is 1.80. The largest absolute Gasteiger partial charge is 0.507 e. The number of halogens is 1. The number of aromatic nitrogens is 3. The van der Waals surface area contributed by atoms with Crippen LogP contribution in [0.3, 0.4) is 0 Å². The molecule has 0 aliphatic rings. The predicted octanol–water partition coefficient (Wildman–Crippen LogP) is 3.40. The Morgan fingerprint density at radius 1 is 1.28 bits per heavy atom. The second-order valence-corrected chi connectivity index (χ2v) is 4.99. The molecule has 0 saturated heterocycles. The maximum Gasteiger partial charge on any atom is 0.178 e. The van der Waals surface area contributed by atoms with Crippen molar-refractivity contribution in [2.24, 2.45) is 0 Å². The van der Waals surface area contributed by atoms with Crippen LogP contribution < -0.4 is 0 Å². The van der Waals surface area contributed by atoms with E-state index >= 15 is 0 Å². The molecule has 3 aromatic rings. The lowest BCUT2D eigenvalue weighted by molar-refractivity contribution is 0.472. The van der Waals surface area contributed by atoms with Gasteiger partial charge in [-0.1, -0.05) is 0 Å². The van der Waals surface area contributed by atoms with Gasteiger partial charge in [0, 0.05) is 11.8 Å². The number of aryl methyl sites for hydroxylation is 1. The molecule has 0 fully saturated rings. The zero-order valence-electron chi connectivity index (χ0n) is 9.61.